The van der Waals surface area contributed by atoms with Crippen LogP contribution in [0.1, 0.15) is 31.2 Å². The van der Waals surface area contributed by atoms with Crippen LogP contribution in [-0.4, -0.2) is 15.4 Å². The molecule has 0 radical (unpaired) electrons. The first-order valence-corrected chi connectivity index (χ1v) is 7.94. The van der Waals surface area contributed by atoms with Gasteiger partial charge in [-0.05, 0) is 60.7 Å². The number of H-pyrrole nitrogens is 1. The van der Waals surface area contributed by atoms with Crippen LogP contribution >= 0.6 is 15.9 Å². The van der Waals surface area contributed by atoms with Crippen LogP contribution in [0, 0.1) is 0 Å². The first kappa shape index (κ1) is 14.2. The lowest BCUT2D eigenvalue weighted by Gasteiger charge is -1.98. The van der Waals surface area contributed by atoms with E-state index in [1.165, 1.54) is 31.2 Å². The Hall–Kier alpha value is -1.22. The van der Waals surface area contributed by atoms with E-state index in [2.05, 4.69) is 33.2 Å². The predicted octanol–water partition coefficient (Wildman–Crippen LogP) is 4.89. The number of hydrogen-bond donors (Lipinski definition) is 2. The number of phenols is 1. The number of aromatic hydroxyl groups is 1. The summed E-state index contributed by atoms with van der Waals surface area (Å²) in [4.78, 5) is 3.30. The molecule has 19 heavy (non-hydrogen) atoms. The minimum absolute atomic E-state index is 0.308. The quantitative estimate of drug-likeness (QED) is 0.553. The molecule has 2 rings (SSSR count). The fourth-order valence-corrected chi connectivity index (χ4v) is 2.56. The summed E-state index contributed by atoms with van der Waals surface area (Å²) in [5.74, 6) is 0.308. The van der Waals surface area contributed by atoms with Gasteiger partial charge in [0.1, 0.15) is 5.75 Å². The molecule has 0 aliphatic rings. The molecule has 0 spiro atoms. The van der Waals surface area contributed by atoms with Gasteiger partial charge in [0.2, 0.25) is 0 Å². The Morgan fingerprint density at radius 3 is 2.47 bits per heavy atom. The number of unbranched alkanes of at least 4 members (excludes halogenated alkanes) is 3. The normalized spacial score (nSPS) is 10.8. The van der Waals surface area contributed by atoms with Crippen molar-refractivity contribution in [3.8, 4) is 17.0 Å². The zero-order chi connectivity index (χ0) is 13.5. The van der Waals surface area contributed by atoms with Gasteiger partial charge in [0.25, 0.3) is 0 Å². The number of aryl methyl sites for hydroxylation is 1. The second-order valence-corrected chi connectivity index (χ2v) is 5.61. The number of alkyl halides is 1. The standard InChI is InChI=1S/C16H20BrNO/c17-10-4-2-1-3-5-13-11-16(18-12-13)14-6-8-15(19)9-7-14/h6-9,11-12,18-19H,1-5,10H2. The molecule has 0 saturated carbocycles. The summed E-state index contributed by atoms with van der Waals surface area (Å²) in [6, 6.07) is 9.50. The van der Waals surface area contributed by atoms with E-state index in [4.69, 9.17) is 0 Å². The van der Waals surface area contributed by atoms with E-state index in [1.807, 2.05) is 12.1 Å². The van der Waals surface area contributed by atoms with Crippen molar-refractivity contribution < 1.29 is 5.11 Å². The molecule has 0 atom stereocenters. The first-order chi connectivity index (χ1) is 9.29. The molecule has 2 nitrogen and oxygen atoms in total. The highest BCUT2D eigenvalue weighted by atomic mass is 79.9. The van der Waals surface area contributed by atoms with Crippen molar-refractivity contribution in [3.63, 3.8) is 0 Å². The van der Waals surface area contributed by atoms with Gasteiger partial charge in [-0.1, -0.05) is 28.8 Å². The molecule has 102 valence electrons. The Balaban J connectivity index is 1.86. The minimum atomic E-state index is 0.308. The third-order valence-corrected chi connectivity index (χ3v) is 3.83. The van der Waals surface area contributed by atoms with E-state index < -0.39 is 0 Å². The topological polar surface area (TPSA) is 36.0 Å². The van der Waals surface area contributed by atoms with Crippen LogP contribution in [0.5, 0.6) is 5.75 Å². The van der Waals surface area contributed by atoms with Gasteiger partial charge in [-0.15, -0.1) is 0 Å². The summed E-state index contributed by atoms with van der Waals surface area (Å²) in [5, 5.41) is 10.4. The molecular weight excluding hydrogens is 302 g/mol. The molecule has 1 aromatic heterocycles. The number of phenolic OH excluding ortho intramolecular Hbond substituents is 1. The SMILES string of the molecule is Oc1ccc(-c2cc(CCCCCCBr)c[nH]2)cc1. The number of nitrogens with one attached hydrogen (secondary N) is 1. The smallest absolute Gasteiger partial charge is 0.115 e. The highest BCUT2D eigenvalue weighted by Gasteiger charge is 2.02. The van der Waals surface area contributed by atoms with Gasteiger partial charge in [-0.25, -0.2) is 0 Å². The number of halogens is 1. The molecular formula is C16H20BrNO. The van der Waals surface area contributed by atoms with E-state index in [-0.39, 0.29) is 0 Å². The highest BCUT2D eigenvalue weighted by Crippen LogP contribution is 2.22. The molecule has 1 heterocycles. The Morgan fingerprint density at radius 1 is 1.00 bits per heavy atom. The summed E-state index contributed by atoms with van der Waals surface area (Å²) in [5.41, 5.74) is 3.60. The fraction of sp³-hybridized carbons (Fsp3) is 0.375. The molecule has 0 amide bonds. The second kappa shape index (κ2) is 7.39. The Labute approximate surface area is 123 Å². The molecule has 0 saturated heterocycles. The number of rotatable bonds is 7. The van der Waals surface area contributed by atoms with Gasteiger partial charge in [-0.3, -0.25) is 0 Å². The molecule has 0 fully saturated rings. The van der Waals surface area contributed by atoms with Crippen LogP contribution in [0.4, 0.5) is 0 Å². The third kappa shape index (κ3) is 4.43. The van der Waals surface area contributed by atoms with Gasteiger partial charge in [0, 0.05) is 17.2 Å². The van der Waals surface area contributed by atoms with Crippen LogP contribution in [-0.2, 0) is 6.42 Å². The lowest BCUT2D eigenvalue weighted by Crippen LogP contribution is -1.83. The monoisotopic (exact) mass is 321 g/mol. The largest absolute Gasteiger partial charge is 0.508 e. The van der Waals surface area contributed by atoms with Crippen LogP contribution in [0.2, 0.25) is 0 Å². The molecule has 0 bridgehead atoms. The van der Waals surface area contributed by atoms with Crippen molar-refractivity contribution >= 4 is 15.9 Å². The maximum atomic E-state index is 9.28. The van der Waals surface area contributed by atoms with E-state index in [9.17, 15) is 5.11 Å². The zero-order valence-corrected chi connectivity index (χ0v) is 12.6. The molecule has 2 N–H and O–H groups in total. The molecule has 0 aliphatic carbocycles. The number of aromatic amines is 1. The number of hydrogen-bond acceptors (Lipinski definition) is 1. The van der Waals surface area contributed by atoms with Crippen molar-refractivity contribution in [2.45, 2.75) is 32.1 Å². The highest BCUT2D eigenvalue weighted by molar-refractivity contribution is 9.09. The van der Waals surface area contributed by atoms with Gasteiger partial charge in [0.05, 0.1) is 0 Å². The molecule has 0 aliphatic heterocycles. The summed E-state index contributed by atoms with van der Waals surface area (Å²) >= 11 is 3.46. The summed E-state index contributed by atoms with van der Waals surface area (Å²) in [7, 11) is 0. The number of aromatic nitrogens is 1. The van der Waals surface area contributed by atoms with Crippen molar-refractivity contribution in [1.29, 1.82) is 0 Å². The summed E-state index contributed by atoms with van der Waals surface area (Å²) in [6.45, 7) is 0. The molecule has 0 unspecified atom stereocenters. The van der Waals surface area contributed by atoms with Gasteiger partial charge >= 0.3 is 0 Å². The van der Waals surface area contributed by atoms with Gasteiger partial charge < -0.3 is 10.1 Å². The van der Waals surface area contributed by atoms with Crippen LogP contribution in [0.25, 0.3) is 11.3 Å². The van der Waals surface area contributed by atoms with E-state index in [0.29, 0.717) is 5.75 Å². The Morgan fingerprint density at radius 2 is 1.74 bits per heavy atom. The Kier molecular flexibility index (Phi) is 5.52. The fourth-order valence-electron chi connectivity index (χ4n) is 2.17. The lowest BCUT2D eigenvalue weighted by atomic mass is 10.1. The van der Waals surface area contributed by atoms with E-state index in [1.54, 1.807) is 12.1 Å². The minimum Gasteiger partial charge on any atom is -0.508 e. The maximum Gasteiger partial charge on any atom is 0.115 e. The third-order valence-electron chi connectivity index (χ3n) is 3.27. The average molecular weight is 322 g/mol. The van der Waals surface area contributed by atoms with E-state index >= 15 is 0 Å². The predicted molar refractivity (Wildman–Crippen MR) is 83.9 cm³/mol. The van der Waals surface area contributed by atoms with Crippen molar-refractivity contribution in [2.75, 3.05) is 5.33 Å². The first-order valence-electron chi connectivity index (χ1n) is 6.82. The molecule has 3 heteroatoms. The average Bonchev–Trinajstić information content (AvgIpc) is 2.88. The maximum absolute atomic E-state index is 9.28. The van der Waals surface area contributed by atoms with Crippen molar-refractivity contribution in [3.05, 3.63) is 42.1 Å². The second-order valence-electron chi connectivity index (χ2n) is 4.82. The molecule has 1 aromatic carbocycles. The van der Waals surface area contributed by atoms with Crippen molar-refractivity contribution in [1.82, 2.24) is 4.98 Å². The summed E-state index contributed by atoms with van der Waals surface area (Å²) in [6.07, 6.45) is 8.35. The van der Waals surface area contributed by atoms with Crippen LogP contribution in [0.3, 0.4) is 0 Å². The van der Waals surface area contributed by atoms with Crippen LogP contribution in [0.15, 0.2) is 36.5 Å². The van der Waals surface area contributed by atoms with Crippen LogP contribution < -0.4 is 0 Å². The summed E-state index contributed by atoms with van der Waals surface area (Å²) < 4.78 is 0. The number of benzene rings is 1. The van der Waals surface area contributed by atoms with Gasteiger partial charge in [0.15, 0.2) is 0 Å². The zero-order valence-electron chi connectivity index (χ0n) is 11.0. The van der Waals surface area contributed by atoms with Crippen molar-refractivity contribution in [2.24, 2.45) is 0 Å². The van der Waals surface area contributed by atoms with Gasteiger partial charge in [-0.2, -0.15) is 0 Å². The lowest BCUT2D eigenvalue weighted by molar-refractivity contribution is 0.475. The van der Waals surface area contributed by atoms with E-state index in [0.717, 1.165) is 23.0 Å². The Bertz CT molecular complexity index is 490. The molecule has 2 aromatic rings.